The van der Waals surface area contributed by atoms with Crippen molar-refractivity contribution in [3.8, 4) is 5.75 Å². The molecule has 2 amide bonds. The fourth-order valence-corrected chi connectivity index (χ4v) is 2.14. The van der Waals surface area contributed by atoms with Crippen molar-refractivity contribution in [2.75, 3.05) is 25.5 Å². The number of carbonyl (C=O) groups is 2. The van der Waals surface area contributed by atoms with Crippen molar-refractivity contribution >= 4 is 17.5 Å². The second-order valence-corrected chi connectivity index (χ2v) is 5.01. The largest absolute Gasteiger partial charge is 0.497 e. The highest BCUT2D eigenvalue weighted by atomic mass is 16.5. The van der Waals surface area contributed by atoms with Gasteiger partial charge in [0.05, 0.1) is 18.9 Å². The number of nitrogens with one attached hydrogen (secondary N) is 2. The number of aromatic amines is 1. The molecule has 0 unspecified atom stereocenters. The molecule has 0 radical (unpaired) electrons. The molecule has 1 aromatic carbocycles. The van der Waals surface area contributed by atoms with Crippen LogP contribution in [0.4, 0.5) is 5.69 Å². The Bertz CT molecular complexity index is 696. The lowest BCUT2D eigenvalue weighted by atomic mass is 10.2. The zero-order chi connectivity index (χ0) is 16.8. The summed E-state index contributed by atoms with van der Waals surface area (Å²) in [4.78, 5) is 26.0. The molecule has 2 N–H and O–H groups in total. The molecule has 122 valence electrons. The van der Waals surface area contributed by atoms with Crippen LogP contribution in [-0.4, -0.2) is 47.1 Å². The number of amides is 2. The Hall–Kier alpha value is -2.83. The summed E-state index contributed by atoms with van der Waals surface area (Å²) in [7, 11) is 1.56. The van der Waals surface area contributed by atoms with Crippen LogP contribution in [0.3, 0.4) is 0 Å². The number of hydrogen-bond acceptors (Lipinski definition) is 4. The van der Waals surface area contributed by atoms with Crippen LogP contribution in [0.25, 0.3) is 0 Å². The molecule has 1 aromatic heterocycles. The summed E-state index contributed by atoms with van der Waals surface area (Å²) < 4.78 is 5.11. The normalized spacial score (nSPS) is 10.2. The summed E-state index contributed by atoms with van der Waals surface area (Å²) in [6.45, 7) is 3.99. The number of aryl methyl sites for hydroxylation is 1. The van der Waals surface area contributed by atoms with Gasteiger partial charge in [0.15, 0.2) is 0 Å². The Morgan fingerprint density at radius 2 is 2.17 bits per heavy atom. The van der Waals surface area contributed by atoms with E-state index in [-0.39, 0.29) is 18.4 Å². The van der Waals surface area contributed by atoms with Gasteiger partial charge in [0.1, 0.15) is 12.3 Å². The Balaban J connectivity index is 2.02. The summed E-state index contributed by atoms with van der Waals surface area (Å²) in [6.07, 6.45) is 1.47. The number of H-pyrrole nitrogens is 1. The average Bonchev–Trinajstić information content (AvgIpc) is 2.98. The molecule has 2 aromatic rings. The van der Waals surface area contributed by atoms with Crippen LogP contribution in [0.15, 0.2) is 30.5 Å². The molecule has 0 fully saturated rings. The van der Waals surface area contributed by atoms with E-state index in [1.165, 1.54) is 11.1 Å². The van der Waals surface area contributed by atoms with Gasteiger partial charge in [0, 0.05) is 24.0 Å². The highest BCUT2D eigenvalue weighted by Crippen LogP contribution is 2.16. The first-order chi connectivity index (χ1) is 11.0. The molecule has 7 heteroatoms. The van der Waals surface area contributed by atoms with Crippen LogP contribution >= 0.6 is 0 Å². The van der Waals surface area contributed by atoms with Gasteiger partial charge in [-0.2, -0.15) is 5.10 Å². The molecular weight excluding hydrogens is 296 g/mol. The van der Waals surface area contributed by atoms with E-state index < -0.39 is 0 Å². The van der Waals surface area contributed by atoms with Crippen LogP contribution in [0, 0.1) is 6.92 Å². The maximum Gasteiger partial charge on any atom is 0.257 e. The number of benzene rings is 1. The van der Waals surface area contributed by atoms with E-state index in [0.29, 0.717) is 29.2 Å². The fraction of sp³-hybridized carbons (Fsp3) is 0.312. The van der Waals surface area contributed by atoms with Gasteiger partial charge >= 0.3 is 0 Å². The van der Waals surface area contributed by atoms with E-state index >= 15 is 0 Å². The predicted octanol–water partition coefficient (Wildman–Crippen LogP) is 1.83. The Morgan fingerprint density at radius 1 is 1.39 bits per heavy atom. The molecule has 0 aliphatic rings. The van der Waals surface area contributed by atoms with Crippen molar-refractivity contribution in [3.05, 3.63) is 41.7 Å². The number of rotatable bonds is 6. The molecule has 0 saturated heterocycles. The first kappa shape index (κ1) is 16.5. The molecule has 7 nitrogen and oxygen atoms in total. The molecule has 0 saturated carbocycles. The van der Waals surface area contributed by atoms with Gasteiger partial charge in [-0.05, 0) is 26.0 Å². The van der Waals surface area contributed by atoms with Crippen molar-refractivity contribution in [2.45, 2.75) is 13.8 Å². The van der Waals surface area contributed by atoms with E-state index in [1.807, 2.05) is 6.92 Å². The minimum absolute atomic E-state index is 0.0306. The van der Waals surface area contributed by atoms with Gasteiger partial charge in [0.2, 0.25) is 5.91 Å². The molecule has 1 heterocycles. The molecule has 23 heavy (non-hydrogen) atoms. The monoisotopic (exact) mass is 316 g/mol. The lowest BCUT2D eigenvalue weighted by Crippen LogP contribution is -2.38. The van der Waals surface area contributed by atoms with Gasteiger partial charge in [-0.25, -0.2) is 0 Å². The number of aromatic nitrogens is 2. The first-order valence-electron chi connectivity index (χ1n) is 7.28. The lowest BCUT2D eigenvalue weighted by molar-refractivity contribution is -0.116. The molecule has 0 atom stereocenters. The van der Waals surface area contributed by atoms with Crippen LogP contribution in [0.5, 0.6) is 5.75 Å². The molecule has 0 bridgehead atoms. The predicted molar refractivity (Wildman–Crippen MR) is 86.5 cm³/mol. The first-order valence-corrected chi connectivity index (χ1v) is 7.28. The van der Waals surface area contributed by atoms with Crippen molar-refractivity contribution in [3.63, 3.8) is 0 Å². The van der Waals surface area contributed by atoms with Crippen LogP contribution < -0.4 is 10.1 Å². The summed E-state index contributed by atoms with van der Waals surface area (Å²) in [5.74, 6) is 0.161. The SMILES string of the molecule is CCN(CC(=O)Nc1cccc(OC)c1)C(=O)c1cn[nH]c1C. The highest BCUT2D eigenvalue weighted by molar-refractivity contribution is 5.99. The van der Waals surface area contributed by atoms with Crippen molar-refractivity contribution in [1.82, 2.24) is 15.1 Å². The van der Waals surface area contributed by atoms with E-state index in [4.69, 9.17) is 4.74 Å². The number of hydrogen-bond donors (Lipinski definition) is 2. The summed E-state index contributed by atoms with van der Waals surface area (Å²) in [6, 6.07) is 7.06. The molecule has 0 aliphatic carbocycles. The minimum Gasteiger partial charge on any atom is -0.497 e. The summed E-state index contributed by atoms with van der Waals surface area (Å²) in [5, 5.41) is 9.32. The van der Waals surface area contributed by atoms with Gasteiger partial charge < -0.3 is 15.0 Å². The second-order valence-electron chi connectivity index (χ2n) is 5.01. The smallest absolute Gasteiger partial charge is 0.257 e. The maximum atomic E-state index is 12.4. The van der Waals surface area contributed by atoms with Crippen molar-refractivity contribution < 1.29 is 14.3 Å². The van der Waals surface area contributed by atoms with Gasteiger partial charge in [-0.3, -0.25) is 14.7 Å². The molecule has 2 rings (SSSR count). The van der Waals surface area contributed by atoms with Crippen LogP contribution in [0.1, 0.15) is 23.0 Å². The zero-order valence-corrected chi connectivity index (χ0v) is 13.4. The van der Waals surface area contributed by atoms with Gasteiger partial charge in [-0.15, -0.1) is 0 Å². The Morgan fingerprint density at radius 3 is 2.78 bits per heavy atom. The van der Waals surface area contributed by atoms with Crippen molar-refractivity contribution in [1.29, 1.82) is 0 Å². The zero-order valence-electron chi connectivity index (χ0n) is 13.4. The quantitative estimate of drug-likeness (QED) is 0.851. The third-order valence-electron chi connectivity index (χ3n) is 3.42. The third kappa shape index (κ3) is 4.09. The number of ether oxygens (including phenoxy) is 1. The molecule has 0 spiro atoms. The number of methoxy groups -OCH3 is 1. The molecule has 0 aliphatic heterocycles. The molecular formula is C16H20N4O3. The number of nitrogens with zero attached hydrogens (tertiary/aromatic N) is 2. The maximum absolute atomic E-state index is 12.4. The third-order valence-corrected chi connectivity index (χ3v) is 3.42. The second kappa shape index (κ2) is 7.44. The van der Waals surface area contributed by atoms with E-state index in [1.54, 1.807) is 38.3 Å². The summed E-state index contributed by atoms with van der Waals surface area (Å²) >= 11 is 0. The number of likely N-dealkylation sites (N-methyl/N-ethyl adjacent to an activating group) is 1. The minimum atomic E-state index is -0.269. The van der Waals surface area contributed by atoms with Gasteiger partial charge in [0.25, 0.3) is 5.91 Å². The number of carbonyl (C=O) groups excluding carboxylic acids is 2. The average molecular weight is 316 g/mol. The standard InChI is InChI=1S/C16H20N4O3/c1-4-20(16(22)14-9-17-19-11(14)2)10-15(21)18-12-6-5-7-13(8-12)23-3/h5-9H,4,10H2,1-3H3,(H,17,19)(H,18,21). The van der Waals surface area contributed by atoms with Gasteiger partial charge in [-0.1, -0.05) is 6.07 Å². The number of anilines is 1. The highest BCUT2D eigenvalue weighted by Gasteiger charge is 2.20. The Labute approximate surface area is 134 Å². The topological polar surface area (TPSA) is 87.3 Å². The Kier molecular flexibility index (Phi) is 5.35. The fourth-order valence-electron chi connectivity index (χ4n) is 2.14. The summed E-state index contributed by atoms with van der Waals surface area (Å²) in [5.41, 5.74) is 1.78. The van der Waals surface area contributed by atoms with Crippen LogP contribution in [0.2, 0.25) is 0 Å². The van der Waals surface area contributed by atoms with Crippen molar-refractivity contribution in [2.24, 2.45) is 0 Å². The van der Waals surface area contributed by atoms with Crippen LogP contribution in [-0.2, 0) is 4.79 Å². The van der Waals surface area contributed by atoms with E-state index in [2.05, 4.69) is 15.5 Å². The lowest BCUT2D eigenvalue weighted by Gasteiger charge is -2.20. The van der Waals surface area contributed by atoms with E-state index in [0.717, 1.165) is 0 Å². The van der Waals surface area contributed by atoms with E-state index in [9.17, 15) is 9.59 Å².